The minimum atomic E-state index is -0.236. The summed E-state index contributed by atoms with van der Waals surface area (Å²) >= 11 is 0. The van der Waals surface area contributed by atoms with Gasteiger partial charge in [0.2, 0.25) is 17.6 Å². The van der Waals surface area contributed by atoms with Crippen molar-refractivity contribution in [1.29, 1.82) is 0 Å². The fraction of sp³-hybridized carbons (Fsp3) is 0.222. The first-order valence-corrected chi connectivity index (χ1v) is 8.43. The second-order valence-electron chi connectivity index (χ2n) is 6.11. The van der Waals surface area contributed by atoms with Gasteiger partial charge in [-0.1, -0.05) is 35.5 Å². The number of aryl methyl sites for hydroxylation is 2. The molecule has 0 bridgehead atoms. The zero-order valence-electron chi connectivity index (χ0n) is 14.9. The number of amides is 1. The zero-order chi connectivity index (χ0) is 18.8. The zero-order valence-corrected chi connectivity index (χ0v) is 14.9. The van der Waals surface area contributed by atoms with Crippen LogP contribution in [0.15, 0.2) is 40.9 Å². The van der Waals surface area contributed by atoms with Gasteiger partial charge in [0.05, 0.1) is 13.0 Å². The minimum Gasteiger partial charge on any atom is -0.347 e. The van der Waals surface area contributed by atoms with E-state index in [1.54, 1.807) is 4.52 Å². The topological polar surface area (TPSA) is 111 Å². The summed E-state index contributed by atoms with van der Waals surface area (Å²) in [6, 6.07) is 11.4. The van der Waals surface area contributed by atoms with Crippen LogP contribution in [0.5, 0.6) is 0 Å². The molecule has 0 aliphatic rings. The van der Waals surface area contributed by atoms with Crippen LogP contribution < -0.4 is 5.32 Å². The summed E-state index contributed by atoms with van der Waals surface area (Å²) in [6.45, 7) is 3.95. The van der Waals surface area contributed by atoms with Crippen LogP contribution in [0.2, 0.25) is 0 Å². The third kappa shape index (κ3) is 3.66. The molecule has 0 spiro atoms. The Balaban J connectivity index is 1.39. The van der Waals surface area contributed by atoms with E-state index in [4.69, 9.17) is 4.52 Å². The fourth-order valence-corrected chi connectivity index (χ4v) is 2.69. The minimum absolute atomic E-state index is 0.0432. The molecule has 1 amide bonds. The van der Waals surface area contributed by atoms with Gasteiger partial charge < -0.3 is 9.84 Å². The second kappa shape index (κ2) is 6.94. The molecule has 9 heteroatoms. The number of hydrogen-bond acceptors (Lipinski definition) is 7. The molecule has 0 radical (unpaired) electrons. The van der Waals surface area contributed by atoms with Crippen LogP contribution in [-0.2, 0) is 17.8 Å². The number of rotatable bonds is 5. The lowest BCUT2D eigenvalue weighted by molar-refractivity contribution is -0.120. The van der Waals surface area contributed by atoms with Crippen molar-refractivity contribution in [3.05, 3.63) is 59.5 Å². The number of nitrogens with zero attached hydrogens (tertiary/aromatic N) is 6. The fourth-order valence-electron chi connectivity index (χ4n) is 2.69. The SMILES string of the molecule is Cc1cc(C)n2nc(CC(=O)NCc3nc(-c4ccccc4)no3)nc2n1. The second-order valence-corrected chi connectivity index (χ2v) is 6.11. The van der Waals surface area contributed by atoms with Crippen LogP contribution in [0.3, 0.4) is 0 Å². The number of hydrogen-bond donors (Lipinski definition) is 1. The van der Waals surface area contributed by atoms with Gasteiger partial charge in [0.15, 0.2) is 5.82 Å². The molecule has 0 unspecified atom stereocenters. The van der Waals surface area contributed by atoms with Crippen molar-refractivity contribution < 1.29 is 9.32 Å². The predicted molar refractivity (Wildman–Crippen MR) is 95.5 cm³/mol. The van der Waals surface area contributed by atoms with Gasteiger partial charge in [-0.3, -0.25) is 4.79 Å². The molecule has 3 aromatic heterocycles. The van der Waals surface area contributed by atoms with Crippen LogP contribution in [0.25, 0.3) is 17.2 Å². The molecule has 0 atom stereocenters. The summed E-state index contributed by atoms with van der Waals surface area (Å²) in [5.74, 6) is 1.47. The van der Waals surface area contributed by atoms with E-state index in [-0.39, 0.29) is 18.9 Å². The van der Waals surface area contributed by atoms with Crippen LogP contribution in [0, 0.1) is 13.8 Å². The third-order valence-corrected chi connectivity index (χ3v) is 3.92. The average molecular weight is 363 g/mol. The van der Waals surface area contributed by atoms with Gasteiger partial charge in [-0.15, -0.1) is 5.10 Å². The largest absolute Gasteiger partial charge is 0.347 e. The van der Waals surface area contributed by atoms with Crippen LogP contribution in [0.4, 0.5) is 0 Å². The van der Waals surface area contributed by atoms with Gasteiger partial charge in [0.25, 0.3) is 5.78 Å². The summed E-state index contributed by atoms with van der Waals surface area (Å²) in [4.78, 5) is 25.1. The van der Waals surface area contributed by atoms with Gasteiger partial charge in [-0.05, 0) is 19.9 Å². The van der Waals surface area contributed by atoms with Crippen molar-refractivity contribution in [3.63, 3.8) is 0 Å². The Morgan fingerprint density at radius 2 is 1.96 bits per heavy atom. The van der Waals surface area contributed by atoms with Gasteiger partial charge in [0, 0.05) is 17.0 Å². The first kappa shape index (κ1) is 16.8. The summed E-state index contributed by atoms with van der Waals surface area (Å²) in [5, 5.41) is 11.0. The maximum absolute atomic E-state index is 12.2. The maximum Gasteiger partial charge on any atom is 0.252 e. The van der Waals surface area contributed by atoms with Gasteiger partial charge in [-0.2, -0.15) is 9.97 Å². The predicted octanol–water partition coefficient (Wildman–Crippen LogP) is 1.65. The van der Waals surface area contributed by atoms with E-state index < -0.39 is 0 Å². The Hall–Kier alpha value is -3.62. The standard InChI is InChI=1S/C18H17N7O2/c1-11-8-12(2)25-18(20-11)21-14(23-25)9-15(26)19-10-16-22-17(24-27-16)13-6-4-3-5-7-13/h3-8H,9-10H2,1-2H3,(H,19,26). The number of benzene rings is 1. The first-order valence-electron chi connectivity index (χ1n) is 8.43. The van der Waals surface area contributed by atoms with E-state index in [1.165, 1.54) is 0 Å². The summed E-state index contributed by atoms with van der Waals surface area (Å²) in [5.41, 5.74) is 2.62. The van der Waals surface area contributed by atoms with E-state index in [2.05, 4.69) is 30.5 Å². The van der Waals surface area contributed by atoms with Crippen LogP contribution >= 0.6 is 0 Å². The average Bonchev–Trinajstić information content (AvgIpc) is 3.27. The molecule has 0 aliphatic heterocycles. The monoisotopic (exact) mass is 363 g/mol. The summed E-state index contributed by atoms with van der Waals surface area (Å²) < 4.78 is 6.80. The summed E-state index contributed by atoms with van der Waals surface area (Å²) in [7, 11) is 0. The molecule has 136 valence electrons. The molecule has 27 heavy (non-hydrogen) atoms. The van der Waals surface area contributed by atoms with Gasteiger partial charge in [0.1, 0.15) is 0 Å². The molecule has 0 fully saturated rings. The van der Waals surface area contributed by atoms with Crippen molar-refractivity contribution in [1.82, 2.24) is 35.0 Å². The van der Waals surface area contributed by atoms with Crippen molar-refractivity contribution >= 4 is 11.7 Å². The van der Waals surface area contributed by atoms with Crippen molar-refractivity contribution in [2.45, 2.75) is 26.8 Å². The molecular formula is C18H17N7O2. The molecule has 0 saturated carbocycles. The molecule has 9 nitrogen and oxygen atoms in total. The van der Waals surface area contributed by atoms with E-state index in [0.717, 1.165) is 17.0 Å². The normalized spacial score (nSPS) is 11.0. The van der Waals surface area contributed by atoms with E-state index in [0.29, 0.717) is 23.3 Å². The maximum atomic E-state index is 12.2. The lowest BCUT2D eigenvalue weighted by atomic mass is 10.2. The highest BCUT2D eigenvalue weighted by Gasteiger charge is 2.13. The molecule has 1 aromatic carbocycles. The summed E-state index contributed by atoms with van der Waals surface area (Å²) in [6.07, 6.45) is 0.0432. The number of nitrogens with one attached hydrogen (secondary N) is 1. The highest BCUT2D eigenvalue weighted by atomic mass is 16.5. The quantitative estimate of drug-likeness (QED) is 0.574. The lowest BCUT2D eigenvalue weighted by Crippen LogP contribution is -2.25. The smallest absolute Gasteiger partial charge is 0.252 e. The number of carbonyl (C=O) groups is 1. The number of fused-ring (bicyclic) bond motifs is 1. The van der Waals surface area contributed by atoms with Crippen molar-refractivity contribution in [2.75, 3.05) is 0 Å². The number of aromatic nitrogens is 6. The Morgan fingerprint density at radius 3 is 2.78 bits per heavy atom. The molecule has 0 aliphatic carbocycles. The van der Waals surface area contributed by atoms with Crippen LogP contribution in [-0.4, -0.2) is 35.6 Å². The van der Waals surface area contributed by atoms with Crippen molar-refractivity contribution in [2.24, 2.45) is 0 Å². The highest BCUT2D eigenvalue weighted by molar-refractivity contribution is 5.77. The Labute approximate surface area is 154 Å². The van der Waals surface area contributed by atoms with E-state index in [9.17, 15) is 4.79 Å². The molecule has 1 N–H and O–H groups in total. The Kier molecular flexibility index (Phi) is 4.33. The van der Waals surface area contributed by atoms with E-state index >= 15 is 0 Å². The Morgan fingerprint density at radius 1 is 1.15 bits per heavy atom. The van der Waals surface area contributed by atoms with Gasteiger partial charge in [-0.25, -0.2) is 9.50 Å². The molecule has 0 saturated heterocycles. The third-order valence-electron chi connectivity index (χ3n) is 3.92. The molecule has 3 heterocycles. The van der Waals surface area contributed by atoms with E-state index in [1.807, 2.05) is 50.2 Å². The molecule has 4 rings (SSSR count). The van der Waals surface area contributed by atoms with Crippen molar-refractivity contribution in [3.8, 4) is 11.4 Å². The van der Waals surface area contributed by atoms with Gasteiger partial charge >= 0.3 is 0 Å². The lowest BCUT2D eigenvalue weighted by Gasteiger charge is -1.99. The molecule has 4 aromatic rings. The highest BCUT2D eigenvalue weighted by Crippen LogP contribution is 2.14. The first-order chi connectivity index (χ1) is 13.1. The Bertz CT molecular complexity index is 1100. The molecular weight excluding hydrogens is 346 g/mol. The van der Waals surface area contributed by atoms with Crippen LogP contribution in [0.1, 0.15) is 23.1 Å². The number of carbonyl (C=O) groups excluding carboxylic acids is 1.